The maximum absolute atomic E-state index is 9.48. The lowest BCUT2D eigenvalue weighted by molar-refractivity contribution is 0.253. The summed E-state index contributed by atoms with van der Waals surface area (Å²) in [6.45, 7) is 2.70. The van der Waals surface area contributed by atoms with Crippen molar-refractivity contribution in [1.29, 1.82) is 5.26 Å². The van der Waals surface area contributed by atoms with E-state index in [9.17, 15) is 5.26 Å². The van der Waals surface area contributed by atoms with Crippen molar-refractivity contribution in [3.05, 3.63) is 71.5 Å². The second-order valence-corrected chi connectivity index (χ2v) is 7.09. The molecule has 2 aromatic carbocycles. The molecule has 1 aliphatic heterocycles. The number of hydrogen-bond donors (Lipinski definition) is 0. The van der Waals surface area contributed by atoms with Gasteiger partial charge in [-0.2, -0.15) is 5.26 Å². The molecule has 1 aromatic heterocycles. The van der Waals surface area contributed by atoms with Crippen LogP contribution in [0, 0.1) is 23.7 Å². The molecule has 2 heterocycles. The first kappa shape index (κ1) is 18.0. The van der Waals surface area contributed by atoms with Crippen LogP contribution in [0.4, 0.5) is 5.69 Å². The van der Waals surface area contributed by atoms with Gasteiger partial charge in [0, 0.05) is 48.4 Å². The van der Waals surface area contributed by atoms with Crippen LogP contribution in [-0.4, -0.2) is 23.1 Å². The van der Waals surface area contributed by atoms with Gasteiger partial charge in [-0.25, -0.2) is 5.01 Å². The molecule has 0 unspecified atom stereocenters. The summed E-state index contributed by atoms with van der Waals surface area (Å²) in [4.78, 5) is 4.29. The third kappa shape index (κ3) is 3.56. The molecule has 0 radical (unpaired) electrons. The van der Waals surface area contributed by atoms with Gasteiger partial charge in [0.1, 0.15) is 0 Å². The van der Waals surface area contributed by atoms with Gasteiger partial charge in [-0.15, -0.1) is 6.42 Å². The molecule has 1 saturated heterocycles. The van der Waals surface area contributed by atoms with Gasteiger partial charge < -0.3 is 5.01 Å². The summed E-state index contributed by atoms with van der Waals surface area (Å²) in [5.41, 5.74) is 3.78. The molecule has 0 spiro atoms. The van der Waals surface area contributed by atoms with E-state index in [2.05, 4.69) is 39.1 Å². The van der Waals surface area contributed by atoms with Crippen LogP contribution in [0.5, 0.6) is 0 Å². The zero-order valence-electron chi connectivity index (χ0n) is 15.8. The van der Waals surface area contributed by atoms with Crippen molar-refractivity contribution in [2.75, 3.05) is 18.1 Å². The molecule has 138 valence electrons. The molecule has 0 saturated carbocycles. The minimum Gasteiger partial charge on any atom is -0.305 e. The highest BCUT2D eigenvalue weighted by Crippen LogP contribution is 2.32. The molecule has 1 aliphatic rings. The number of nitriles is 1. The molecule has 1 fully saturated rings. The van der Waals surface area contributed by atoms with E-state index in [1.807, 2.05) is 36.5 Å². The van der Waals surface area contributed by atoms with E-state index >= 15 is 0 Å². The predicted molar refractivity (Wildman–Crippen MR) is 112 cm³/mol. The lowest BCUT2D eigenvalue weighted by Gasteiger charge is -2.36. The quantitative estimate of drug-likeness (QED) is 0.641. The number of hydrogen-bond acceptors (Lipinski definition) is 4. The van der Waals surface area contributed by atoms with E-state index in [1.54, 1.807) is 6.20 Å². The van der Waals surface area contributed by atoms with E-state index in [1.165, 1.54) is 6.42 Å². The zero-order valence-corrected chi connectivity index (χ0v) is 15.8. The molecule has 0 N–H and O–H groups in total. The number of aromatic nitrogens is 1. The lowest BCUT2D eigenvalue weighted by Crippen LogP contribution is -2.42. The van der Waals surface area contributed by atoms with Crippen LogP contribution in [0.25, 0.3) is 10.8 Å². The summed E-state index contributed by atoms with van der Waals surface area (Å²) < 4.78 is 0. The fourth-order valence-electron chi connectivity index (χ4n) is 3.90. The largest absolute Gasteiger partial charge is 0.305 e. The van der Waals surface area contributed by atoms with Crippen molar-refractivity contribution in [2.24, 2.45) is 0 Å². The molecule has 4 rings (SSSR count). The molecule has 3 aromatic rings. The highest BCUT2D eigenvalue weighted by atomic mass is 15.6. The first-order chi connectivity index (χ1) is 13.8. The summed E-state index contributed by atoms with van der Waals surface area (Å²) >= 11 is 0. The summed E-state index contributed by atoms with van der Waals surface area (Å²) in [5.74, 6) is 2.67. The molecule has 0 atom stereocenters. The average Bonchev–Trinajstić information content (AvgIpc) is 2.98. The third-order valence-corrected chi connectivity index (χ3v) is 5.25. The van der Waals surface area contributed by atoms with Crippen LogP contribution in [0.15, 0.2) is 54.9 Å². The van der Waals surface area contributed by atoms with Gasteiger partial charge >= 0.3 is 0 Å². The number of anilines is 1. The van der Waals surface area contributed by atoms with Crippen LogP contribution >= 0.6 is 0 Å². The molecular formula is C24H22N4. The minimum absolute atomic E-state index is 0.714. The Hall–Kier alpha value is -3.34. The van der Waals surface area contributed by atoms with E-state index < -0.39 is 0 Å². The summed E-state index contributed by atoms with van der Waals surface area (Å²) in [6, 6.07) is 16.5. The molecule has 0 bridgehead atoms. The van der Waals surface area contributed by atoms with Crippen molar-refractivity contribution in [3.63, 3.8) is 0 Å². The standard InChI is InChI=1S/C24H22N4/c1-2-19-14-20(17-26-16-19)18-27-12-6-3-7-13-28(27)24-11-10-21(15-25)22-8-4-5-9-23(22)24/h1,4-5,8-11,14,16-17H,3,6-7,12-13,18H2. The van der Waals surface area contributed by atoms with E-state index in [4.69, 9.17) is 6.42 Å². The molecule has 4 nitrogen and oxygen atoms in total. The number of benzene rings is 2. The maximum atomic E-state index is 9.48. The van der Waals surface area contributed by atoms with Gasteiger partial charge in [0.05, 0.1) is 17.3 Å². The van der Waals surface area contributed by atoms with Crippen LogP contribution in [-0.2, 0) is 6.54 Å². The maximum Gasteiger partial charge on any atom is 0.0998 e. The van der Waals surface area contributed by atoms with Crippen LogP contribution in [0.2, 0.25) is 0 Å². The lowest BCUT2D eigenvalue weighted by atomic mass is 10.0. The smallest absolute Gasteiger partial charge is 0.0998 e. The Labute approximate surface area is 166 Å². The van der Waals surface area contributed by atoms with E-state index in [-0.39, 0.29) is 0 Å². The van der Waals surface area contributed by atoms with Gasteiger partial charge in [-0.05, 0) is 36.6 Å². The number of terminal acetylenes is 1. The van der Waals surface area contributed by atoms with Crippen molar-refractivity contribution in [1.82, 2.24) is 9.99 Å². The zero-order chi connectivity index (χ0) is 19.3. The molecule has 0 amide bonds. The Morgan fingerprint density at radius 3 is 2.64 bits per heavy atom. The molecule has 28 heavy (non-hydrogen) atoms. The fraction of sp³-hybridized carbons (Fsp3) is 0.250. The molecular weight excluding hydrogens is 344 g/mol. The first-order valence-electron chi connectivity index (χ1n) is 9.65. The number of hydrazine groups is 1. The fourth-order valence-corrected chi connectivity index (χ4v) is 3.90. The second kappa shape index (κ2) is 8.13. The first-order valence-corrected chi connectivity index (χ1v) is 9.65. The second-order valence-electron chi connectivity index (χ2n) is 7.09. The van der Waals surface area contributed by atoms with Crippen LogP contribution < -0.4 is 5.01 Å². The Morgan fingerprint density at radius 2 is 1.82 bits per heavy atom. The Morgan fingerprint density at radius 1 is 1.00 bits per heavy atom. The van der Waals surface area contributed by atoms with Crippen molar-refractivity contribution in [2.45, 2.75) is 25.8 Å². The predicted octanol–water partition coefficient (Wildman–Crippen LogP) is 4.50. The molecule has 4 heteroatoms. The van der Waals surface area contributed by atoms with Crippen molar-refractivity contribution >= 4 is 16.5 Å². The SMILES string of the molecule is C#Cc1cncc(CN2CCCCCN2c2ccc(C#N)c3ccccc23)c1. The Balaban J connectivity index is 1.74. The Bertz CT molecular complexity index is 1070. The third-order valence-electron chi connectivity index (χ3n) is 5.25. The number of rotatable bonds is 3. The van der Waals surface area contributed by atoms with Gasteiger partial charge in [-0.1, -0.05) is 36.6 Å². The van der Waals surface area contributed by atoms with E-state index in [0.717, 1.165) is 60.1 Å². The molecule has 0 aliphatic carbocycles. The normalized spacial score (nSPS) is 15.0. The average molecular weight is 366 g/mol. The highest BCUT2D eigenvalue weighted by Gasteiger charge is 2.21. The van der Waals surface area contributed by atoms with Crippen LogP contribution in [0.1, 0.15) is 36.0 Å². The highest BCUT2D eigenvalue weighted by molar-refractivity contribution is 5.97. The van der Waals surface area contributed by atoms with Gasteiger partial charge in [0.2, 0.25) is 0 Å². The van der Waals surface area contributed by atoms with Crippen molar-refractivity contribution in [3.8, 4) is 18.4 Å². The Kier molecular flexibility index (Phi) is 5.24. The van der Waals surface area contributed by atoms with E-state index in [0.29, 0.717) is 5.56 Å². The number of fused-ring (bicyclic) bond motifs is 1. The monoisotopic (exact) mass is 366 g/mol. The van der Waals surface area contributed by atoms with Gasteiger partial charge in [0.25, 0.3) is 0 Å². The summed E-state index contributed by atoms with van der Waals surface area (Å²) in [5, 5.41) is 16.4. The summed E-state index contributed by atoms with van der Waals surface area (Å²) in [6.07, 6.45) is 12.7. The van der Waals surface area contributed by atoms with Gasteiger partial charge in [0.15, 0.2) is 0 Å². The minimum atomic E-state index is 0.714. The summed E-state index contributed by atoms with van der Waals surface area (Å²) in [7, 11) is 0. The van der Waals surface area contributed by atoms with Crippen LogP contribution in [0.3, 0.4) is 0 Å². The number of pyridine rings is 1. The number of nitrogens with zero attached hydrogens (tertiary/aromatic N) is 4. The topological polar surface area (TPSA) is 43.2 Å². The van der Waals surface area contributed by atoms with Crippen molar-refractivity contribution < 1.29 is 0 Å². The van der Waals surface area contributed by atoms with Gasteiger partial charge in [-0.3, -0.25) is 4.98 Å².